The van der Waals surface area contributed by atoms with Crippen molar-refractivity contribution in [3.8, 4) is 0 Å². The zero-order chi connectivity index (χ0) is 15.9. The van der Waals surface area contributed by atoms with Gasteiger partial charge in [0.15, 0.2) is 0 Å². The third-order valence-electron chi connectivity index (χ3n) is 3.51. The van der Waals surface area contributed by atoms with Crippen LogP contribution in [-0.4, -0.2) is 37.6 Å². The van der Waals surface area contributed by atoms with E-state index in [-0.39, 0.29) is 30.4 Å². The lowest BCUT2D eigenvalue weighted by molar-refractivity contribution is 0.0942. The molecular formula is C16H25ClN4O2. The van der Waals surface area contributed by atoms with Crippen LogP contribution in [0.2, 0.25) is 0 Å². The number of amides is 3. The summed E-state index contributed by atoms with van der Waals surface area (Å²) >= 11 is 0. The molecule has 1 heterocycles. The summed E-state index contributed by atoms with van der Waals surface area (Å²) < 4.78 is 0. The van der Waals surface area contributed by atoms with Crippen molar-refractivity contribution in [1.82, 2.24) is 21.3 Å². The Bertz CT molecular complexity index is 515. The molecule has 1 aromatic rings. The summed E-state index contributed by atoms with van der Waals surface area (Å²) in [5, 5.41) is 11.6. The Hall–Kier alpha value is -1.79. The smallest absolute Gasteiger partial charge is 0.315 e. The number of rotatable bonds is 6. The van der Waals surface area contributed by atoms with Gasteiger partial charge in [-0.2, -0.15) is 0 Å². The second-order valence-electron chi connectivity index (χ2n) is 5.91. The molecule has 0 saturated carbocycles. The molecule has 1 saturated heterocycles. The van der Waals surface area contributed by atoms with Crippen molar-refractivity contribution in [1.29, 1.82) is 0 Å². The molecule has 3 amide bonds. The van der Waals surface area contributed by atoms with Gasteiger partial charge in [-0.1, -0.05) is 12.1 Å². The lowest BCUT2D eigenvalue weighted by Gasteiger charge is -2.27. The van der Waals surface area contributed by atoms with Gasteiger partial charge in [0.1, 0.15) is 0 Å². The van der Waals surface area contributed by atoms with Gasteiger partial charge in [-0.05, 0) is 31.5 Å². The maximum Gasteiger partial charge on any atom is 0.315 e. The number of hydrogen-bond donors (Lipinski definition) is 4. The lowest BCUT2D eigenvalue weighted by Crippen LogP contribution is -2.48. The Kier molecular flexibility index (Phi) is 7.85. The van der Waals surface area contributed by atoms with Crippen LogP contribution in [-0.2, 0) is 6.54 Å². The second kappa shape index (κ2) is 9.37. The van der Waals surface area contributed by atoms with Gasteiger partial charge >= 0.3 is 6.03 Å². The zero-order valence-corrected chi connectivity index (χ0v) is 14.3. The van der Waals surface area contributed by atoms with Crippen LogP contribution >= 0.6 is 12.4 Å². The van der Waals surface area contributed by atoms with Gasteiger partial charge in [0.2, 0.25) is 0 Å². The first-order valence-electron chi connectivity index (χ1n) is 7.67. The van der Waals surface area contributed by atoms with Crippen molar-refractivity contribution in [2.24, 2.45) is 5.92 Å². The van der Waals surface area contributed by atoms with E-state index in [9.17, 15) is 9.59 Å². The van der Waals surface area contributed by atoms with E-state index in [0.717, 1.165) is 18.7 Å². The summed E-state index contributed by atoms with van der Waals surface area (Å²) in [6.45, 7) is 6.92. The molecular weight excluding hydrogens is 316 g/mol. The number of halogens is 1. The van der Waals surface area contributed by atoms with E-state index in [0.29, 0.717) is 24.6 Å². The fraction of sp³-hybridized carbons (Fsp3) is 0.500. The van der Waals surface area contributed by atoms with E-state index < -0.39 is 0 Å². The fourth-order valence-corrected chi connectivity index (χ4v) is 2.10. The van der Waals surface area contributed by atoms with Crippen LogP contribution < -0.4 is 21.3 Å². The highest BCUT2D eigenvalue weighted by atomic mass is 35.5. The Morgan fingerprint density at radius 3 is 2.35 bits per heavy atom. The summed E-state index contributed by atoms with van der Waals surface area (Å²) in [6, 6.07) is 7.20. The standard InChI is InChI=1S/C16H24N4O2.ClH/c1-11(2)20-16(22)19-9-12-3-5-14(6-4-12)15(21)18-10-13-7-17-8-13;/h3-6,11,13,17H,7-10H2,1-2H3,(H,18,21)(H2,19,20,22);1H. The Balaban J connectivity index is 0.00000264. The minimum Gasteiger partial charge on any atom is -0.352 e. The first kappa shape index (κ1) is 19.3. The Morgan fingerprint density at radius 1 is 1.17 bits per heavy atom. The average molecular weight is 341 g/mol. The SMILES string of the molecule is CC(C)NC(=O)NCc1ccc(C(=O)NCC2CNC2)cc1.Cl. The van der Waals surface area contributed by atoms with Crippen LogP contribution in [0.5, 0.6) is 0 Å². The first-order valence-corrected chi connectivity index (χ1v) is 7.67. The Morgan fingerprint density at radius 2 is 1.83 bits per heavy atom. The quantitative estimate of drug-likeness (QED) is 0.629. The van der Waals surface area contributed by atoms with Crippen LogP contribution in [0.4, 0.5) is 4.79 Å². The van der Waals surface area contributed by atoms with Crippen molar-refractivity contribution in [3.05, 3.63) is 35.4 Å². The van der Waals surface area contributed by atoms with Gasteiger partial charge in [-0.3, -0.25) is 4.79 Å². The first-order chi connectivity index (χ1) is 10.5. The number of carbonyl (C=O) groups excluding carboxylic acids is 2. The minimum absolute atomic E-state index is 0. The number of benzene rings is 1. The predicted molar refractivity (Wildman–Crippen MR) is 92.9 cm³/mol. The monoisotopic (exact) mass is 340 g/mol. The summed E-state index contributed by atoms with van der Waals surface area (Å²) in [7, 11) is 0. The van der Waals surface area contributed by atoms with Gasteiger partial charge in [0.05, 0.1) is 0 Å². The van der Waals surface area contributed by atoms with Crippen LogP contribution in [0, 0.1) is 5.92 Å². The predicted octanol–water partition coefficient (Wildman–Crippen LogP) is 1.27. The normalized spacial score (nSPS) is 13.7. The summed E-state index contributed by atoms with van der Waals surface area (Å²) in [4.78, 5) is 23.5. The van der Waals surface area contributed by atoms with Crippen molar-refractivity contribution >= 4 is 24.3 Å². The fourth-order valence-electron chi connectivity index (χ4n) is 2.10. The molecule has 0 atom stereocenters. The topological polar surface area (TPSA) is 82.3 Å². The molecule has 4 N–H and O–H groups in total. The van der Waals surface area contributed by atoms with E-state index in [1.54, 1.807) is 12.1 Å². The highest BCUT2D eigenvalue weighted by Crippen LogP contribution is 2.06. The molecule has 2 rings (SSSR count). The van der Waals surface area contributed by atoms with E-state index in [2.05, 4.69) is 21.3 Å². The molecule has 0 spiro atoms. The molecule has 0 bridgehead atoms. The second-order valence-corrected chi connectivity index (χ2v) is 5.91. The molecule has 0 aliphatic carbocycles. The van der Waals surface area contributed by atoms with Crippen molar-refractivity contribution in [2.75, 3.05) is 19.6 Å². The molecule has 0 radical (unpaired) electrons. The molecule has 0 aromatic heterocycles. The van der Waals surface area contributed by atoms with Crippen LogP contribution in [0.15, 0.2) is 24.3 Å². The van der Waals surface area contributed by atoms with E-state index >= 15 is 0 Å². The largest absolute Gasteiger partial charge is 0.352 e. The van der Waals surface area contributed by atoms with Crippen LogP contribution in [0.1, 0.15) is 29.8 Å². The summed E-state index contributed by atoms with van der Waals surface area (Å²) in [5.41, 5.74) is 1.60. The van der Waals surface area contributed by atoms with Gasteiger partial charge in [-0.15, -0.1) is 12.4 Å². The van der Waals surface area contributed by atoms with Gasteiger partial charge in [0, 0.05) is 43.7 Å². The molecule has 1 aliphatic heterocycles. The minimum atomic E-state index is -0.189. The van der Waals surface area contributed by atoms with Crippen LogP contribution in [0.25, 0.3) is 0 Å². The summed E-state index contributed by atoms with van der Waals surface area (Å²) in [6.07, 6.45) is 0. The maximum atomic E-state index is 12.0. The van der Waals surface area contributed by atoms with Crippen molar-refractivity contribution < 1.29 is 9.59 Å². The van der Waals surface area contributed by atoms with E-state index in [4.69, 9.17) is 0 Å². The maximum absolute atomic E-state index is 12.0. The number of hydrogen-bond acceptors (Lipinski definition) is 3. The molecule has 1 aliphatic rings. The van der Waals surface area contributed by atoms with E-state index in [1.807, 2.05) is 26.0 Å². The molecule has 0 unspecified atom stereocenters. The average Bonchev–Trinajstić information content (AvgIpc) is 2.43. The number of carbonyl (C=O) groups is 2. The Labute approximate surface area is 143 Å². The van der Waals surface area contributed by atoms with Crippen LogP contribution in [0.3, 0.4) is 0 Å². The zero-order valence-electron chi connectivity index (χ0n) is 13.5. The van der Waals surface area contributed by atoms with Crippen molar-refractivity contribution in [3.63, 3.8) is 0 Å². The highest BCUT2D eigenvalue weighted by Gasteiger charge is 2.17. The number of urea groups is 1. The van der Waals surface area contributed by atoms with Gasteiger partial charge in [-0.25, -0.2) is 4.79 Å². The molecule has 128 valence electrons. The molecule has 7 heteroatoms. The van der Waals surface area contributed by atoms with Crippen molar-refractivity contribution in [2.45, 2.75) is 26.4 Å². The number of nitrogens with one attached hydrogen (secondary N) is 4. The van der Waals surface area contributed by atoms with E-state index in [1.165, 1.54) is 0 Å². The third-order valence-corrected chi connectivity index (χ3v) is 3.51. The highest BCUT2D eigenvalue weighted by molar-refractivity contribution is 5.94. The van der Waals surface area contributed by atoms with Gasteiger partial charge in [0.25, 0.3) is 5.91 Å². The molecule has 23 heavy (non-hydrogen) atoms. The molecule has 6 nitrogen and oxygen atoms in total. The molecule has 1 fully saturated rings. The third kappa shape index (κ3) is 6.46. The summed E-state index contributed by atoms with van der Waals surface area (Å²) in [5.74, 6) is 0.496. The molecule has 1 aromatic carbocycles. The van der Waals surface area contributed by atoms with Gasteiger partial charge < -0.3 is 21.3 Å². The lowest BCUT2D eigenvalue weighted by atomic mass is 10.0.